The number of anilines is 1. The second-order valence-electron chi connectivity index (χ2n) is 3.83. The van der Waals surface area contributed by atoms with Gasteiger partial charge in [0.2, 0.25) is 0 Å². The maximum atomic E-state index is 11.3. The van der Waals surface area contributed by atoms with E-state index in [1.807, 2.05) is 42.5 Å². The van der Waals surface area contributed by atoms with Crippen molar-refractivity contribution in [2.24, 2.45) is 0 Å². The fourth-order valence-corrected chi connectivity index (χ4v) is 1.91. The van der Waals surface area contributed by atoms with Crippen LogP contribution >= 0.6 is 15.9 Å². The van der Waals surface area contributed by atoms with Crippen LogP contribution < -0.4 is 5.32 Å². The molecule has 1 atom stereocenters. The van der Waals surface area contributed by atoms with Crippen molar-refractivity contribution in [1.29, 1.82) is 0 Å². The van der Waals surface area contributed by atoms with Crippen LogP contribution in [-0.4, -0.2) is 11.1 Å². The predicted octanol–water partition coefficient (Wildman–Crippen LogP) is 3.69. The fourth-order valence-electron chi connectivity index (χ4n) is 1.65. The highest BCUT2D eigenvalue weighted by molar-refractivity contribution is 9.10. The van der Waals surface area contributed by atoms with Gasteiger partial charge in [0, 0.05) is 10.2 Å². The summed E-state index contributed by atoms with van der Waals surface area (Å²) < 4.78 is 0.958. The minimum atomic E-state index is -0.899. The monoisotopic (exact) mass is 305 g/mol. The van der Waals surface area contributed by atoms with E-state index < -0.39 is 12.0 Å². The standard InChI is InChI=1S/C14H12BrNO2/c15-11-6-8-12(9-7-11)16-13(14(17)18)10-4-2-1-3-5-10/h1-9,13,16H,(H,17,18). The SMILES string of the molecule is O=C(O)C(Nc1ccc(Br)cc1)c1ccccc1. The van der Waals surface area contributed by atoms with Gasteiger partial charge in [-0.3, -0.25) is 0 Å². The molecule has 4 heteroatoms. The molecule has 0 aliphatic heterocycles. The van der Waals surface area contributed by atoms with Crippen LogP contribution in [0.2, 0.25) is 0 Å². The van der Waals surface area contributed by atoms with Gasteiger partial charge in [-0.2, -0.15) is 0 Å². The minimum Gasteiger partial charge on any atom is -0.479 e. The smallest absolute Gasteiger partial charge is 0.330 e. The van der Waals surface area contributed by atoms with Crippen LogP contribution in [0.3, 0.4) is 0 Å². The summed E-state index contributed by atoms with van der Waals surface area (Å²) in [7, 11) is 0. The molecular formula is C14H12BrNO2. The quantitative estimate of drug-likeness (QED) is 0.906. The number of halogens is 1. The van der Waals surface area contributed by atoms with Crippen molar-refractivity contribution in [1.82, 2.24) is 0 Å². The molecule has 18 heavy (non-hydrogen) atoms. The number of carboxylic acid groups (broad SMARTS) is 1. The van der Waals surface area contributed by atoms with Crippen LogP contribution in [0.4, 0.5) is 5.69 Å². The normalized spacial score (nSPS) is 11.8. The molecule has 0 aliphatic carbocycles. The average Bonchev–Trinajstić information content (AvgIpc) is 2.38. The second kappa shape index (κ2) is 5.69. The number of hydrogen-bond acceptors (Lipinski definition) is 2. The van der Waals surface area contributed by atoms with Crippen LogP contribution in [0, 0.1) is 0 Å². The van der Waals surface area contributed by atoms with Gasteiger partial charge in [-0.1, -0.05) is 46.3 Å². The van der Waals surface area contributed by atoms with Crippen LogP contribution in [0.1, 0.15) is 11.6 Å². The molecule has 0 aromatic heterocycles. The van der Waals surface area contributed by atoms with Crippen molar-refractivity contribution < 1.29 is 9.90 Å². The predicted molar refractivity (Wildman–Crippen MR) is 74.6 cm³/mol. The summed E-state index contributed by atoms with van der Waals surface area (Å²) in [6.07, 6.45) is 0. The molecule has 2 aromatic carbocycles. The molecule has 0 saturated carbocycles. The van der Waals surface area contributed by atoms with Gasteiger partial charge in [-0.05, 0) is 29.8 Å². The van der Waals surface area contributed by atoms with E-state index in [1.165, 1.54) is 0 Å². The lowest BCUT2D eigenvalue weighted by Gasteiger charge is -2.16. The zero-order valence-corrected chi connectivity index (χ0v) is 11.1. The molecule has 2 aromatic rings. The van der Waals surface area contributed by atoms with E-state index in [9.17, 15) is 9.90 Å². The maximum absolute atomic E-state index is 11.3. The maximum Gasteiger partial charge on any atom is 0.330 e. The van der Waals surface area contributed by atoms with Crippen molar-refractivity contribution in [3.63, 3.8) is 0 Å². The summed E-state index contributed by atoms with van der Waals surface area (Å²) in [5, 5.41) is 12.3. The van der Waals surface area contributed by atoms with Gasteiger partial charge < -0.3 is 10.4 Å². The first kappa shape index (κ1) is 12.6. The van der Waals surface area contributed by atoms with Crippen molar-refractivity contribution >= 4 is 27.6 Å². The Hall–Kier alpha value is -1.81. The number of benzene rings is 2. The third-order valence-electron chi connectivity index (χ3n) is 2.54. The molecule has 0 radical (unpaired) electrons. The average molecular weight is 306 g/mol. The Kier molecular flexibility index (Phi) is 3.99. The van der Waals surface area contributed by atoms with E-state index in [2.05, 4.69) is 21.2 Å². The third kappa shape index (κ3) is 3.11. The number of aliphatic carboxylic acids is 1. The van der Waals surface area contributed by atoms with Gasteiger partial charge in [0.25, 0.3) is 0 Å². The molecule has 0 saturated heterocycles. The molecule has 0 bridgehead atoms. The van der Waals surface area contributed by atoms with Crippen molar-refractivity contribution in [3.8, 4) is 0 Å². The summed E-state index contributed by atoms with van der Waals surface area (Å²) in [6.45, 7) is 0. The molecule has 2 rings (SSSR count). The van der Waals surface area contributed by atoms with Gasteiger partial charge in [0.05, 0.1) is 0 Å². The Morgan fingerprint density at radius 1 is 1.06 bits per heavy atom. The van der Waals surface area contributed by atoms with Gasteiger partial charge in [-0.15, -0.1) is 0 Å². The second-order valence-corrected chi connectivity index (χ2v) is 4.75. The van der Waals surface area contributed by atoms with Gasteiger partial charge in [0.1, 0.15) is 0 Å². The topological polar surface area (TPSA) is 49.3 Å². The molecule has 0 spiro atoms. The molecule has 0 fully saturated rings. The summed E-state index contributed by atoms with van der Waals surface area (Å²) in [5.41, 5.74) is 1.50. The number of hydrogen-bond donors (Lipinski definition) is 2. The number of rotatable bonds is 4. The first-order chi connectivity index (χ1) is 8.66. The van der Waals surface area contributed by atoms with E-state index in [-0.39, 0.29) is 0 Å². The van der Waals surface area contributed by atoms with Gasteiger partial charge in [-0.25, -0.2) is 4.79 Å². The lowest BCUT2D eigenvalue weighted by atomic mass is 10.1. The van der Waals surface area contributed by atoms with Crippen LogP contribution in [0.5, 0.6) is 0 Å². The summed E-state index contributed by atoms with van der Waals surface area (Å²) in [4.78, 5) is 11.3. The van der Waals surface area contributed by atoms with E-state index in [0.717, 1.165) is 15.7 Å². The molecule has 92 valence electrons. The largest absolute Gasteiger partial charge is 0.479 e. The molecule has 2 N–H and O–H groups in total. The Morgan fingerprint density at radius 3 is 2.22 bits per heavy atom. The Labute approximate surface area is 114 Å². The van der Waals surface area contributed by atoms with Crippen molar-refractivity contribution in [2.45, 2.75) is 6.04 Å². The van der Waals surface area contributed by atoms with Crippen LogP contribution in [0.15, 0.2) is 59.1 Å². The highest BCUT2D eigenvalue weighted by Crippen LogP contribution is 2.21. The zero-order valence-electron chi connectivity index (χ0n) is 9.51. The summed E-state index contributed by atoms with van der Waals surface area (Å²) in [5.74, 6) is -0.899. The Morgan fingerprint density at radius 2 is 1.67 bits per heavy atom. The van der Waals surface area contributed by atoms with E-state index in [1.54, 1.807) is 12.1 Å². The van der Waals surface area contributed by atoms with E-state index in [4.69, 9.17) is 0 Å². The first-order valence-corrected chi connectivity index (χ1v) is 6.26. The Bertz CT molecular complexity index is 525. The summed E-state index contributed by atoms with van der Waals surface area (Å²) >= 11 is 3.34. The minimum absolute atomic E-state index is 0.730. The molecule has 0 amide bonds. The van der Waals surface area contributed by atoms with Crippen molar-refractivity contribution in [3.05, 3.63) is 64.6 Å². The lowest BCUT2D eigenvalue weighted by Crippen LogP contribution is -2.20. The molecule has 0 aliphatic rings. The van der Waals surface area contributed by atoms with E-state index >= 15 is 0 Å². The van der Waals surface area contributed by atoms with Gasteiger partial charge in [0.15, 0.2) is 6.04 Å². The van der Waals surface area contributed by atoms with Crippen LogP contribution in [-0.2, 0) is 4.79 Å². The number of carbonyl (C=O) groups is 1. The fraction of sp³-hybridized carbons (Fsp3) is 0.0714. The van der Waals surface area contributed by atoms with E-state index in [0.29, 0.717) is 0 Å². The molecular weight excluding hydrogens is 294 g/mol. The summed E-state index contributed by atoms with van der Waals surface area (Å²) in [6, 6.07) is 15.8. The molecule has 0 heterocycles. The van der Waals surface area contributed by atoms with Crippen LogP contribution in [0.25, 0.3) is 0 Å². The lowest BCUT2D eigenvalue weighted by molar-refractivity contribution is -0.138. The first-order valence-electron chi connectivity index (χ1n) is 5.46. The molecule has 3 nitrogen and oxygen atoms in total. The number of nitrogens with one attached hydrogen (secondary N) is 1. The third-order valence-corrected chi connectivity index (χ3v) is 3.06. The van der Waals surface area contributed by atoms with Crippen molar-refractivity contribution in [2.75, 3.05) is 5.32 Å². The van der Waals surface area contributed by atoms with Gasteiger partial charge >= 0.3 is 5.97 Å². The number of carboxylic acids is 1. The zero-order chi connectivity index (χ0) is 13.0. The molecule has 1 unspecified atom stereocenters. The Balaban J connectivity index is 2.22. The highest BCUT2D eigenvalue weighted by atomic mass is 79.9. The highest BCUT2D eigenvalue weighted by Gasteiger charge is 2.18.